The molecule has 4 aromatic carbocycles. The third kappa shape index (κ3) is 7.92. The lowest BCUT2D eigenvalue weighted by atomic mass is 10.0. The van der Waals surface area contributed by atoms with Crippen LogP contribution in [0.25, 0.3) is 66.8 Å². The van der Waals surface area contributed by atoms with E-state index in [0.29, 0.717) is 50.5 Å². The van der Waals surface area contributed by atoms with Crippen molar-refractivity contribution in [1.29, 1.82) is 5.26 Å². The van der Waals surface area contributed by atoms with Gasteiger partial charge in [0.25, 0.3) is 5.91 Å². The van der Waals surface area contributed by atoms with Gasteiger partial charge in [0.05, 0.1) is 46.0 Å². The van der Waals surface area contributed by atoms with Crippen LogP contribution in [0.3, 0.4) is 0 Å². The Balaban J connectivity index is 1.01. The molecule has 5 heterocycles. The highest BCUT2D eigenvalue weighted by Crippen LogP contribution is 2.34. The summed E-state index contributed by atoms with van der Waals surface area (Å²) >= 11 is 0. The van der Waals surface area contributed by atoms with Crippen LogP contribution in [0.4, 0.5) is 11.6 Å². The Labute approximate surface area is 354 Å². The molecule has 0 aliphatic carbocycles. The van der Waals surface area contributed by atoms with Crippen molar-refractivity contribution in [3.63, 3.8) is 0 Å². The Morgan fingerprint density at radius 2 is 1.21 bits per heavy atom. The quantitative estimate of drug-likeness (QED) is 0.113. The second-order valence-electron chi connectivity index (χ2n) is 14.1. The summed E-state index contributed by atoms with van der Waals surface area (Å²) in [5.74, 6) is -1.44. The summed E-state index contributed by atoms with van der Waals surface area (Å²) in [6.45, 7) is -0.0974. The third-order valence-corrected chi connectivity index (χ3v) is 9.96. The molecule has 5 N–H and O–H groups in total. The van der Waals surface area contributed by atoms with Gasteiger partial charge in [0.1, 0.15) is 18.4 Å². The number of carbonyl (C=O) groups excluding carboxylic acids is 2. The van der Waals surface area contributed by atoms with E-state index in [1.54, 1.807) is 30.6 Å². The molecule has 0 saturated carbocycles. The number of nitrogens with zero attached hydrogens (tertiary/aromatic N) is 8. The number of hydrogen-bond acceptors (Lipinski definition) is 13. The number of pyridine rings is 3. The number of fused-ring (bicyclic) bond motifs is 2. The number of benzene rings is 4. The summed E-state index contributed by atoms with van der Waals surface area (Å²) in [6, 6.07) is 42.8. The van der Waals surface area contributed by atoms with Crippen LogP contribution in [-0.2, 0) is 17.9 Å². The van der Waals surface area contributed by atoms with E-state index in [1.807, 2.05) is 121 Å². The van der Waals surface area contributed by atoms with E-state index >= 15 is 0 Å². The first-order valence-electron chi connectivity index (χ1n) is 19.3. The van der Waals surface area contributed by atoms with Crippen molar-refractivity contribution in [2.24, 2.45) is 0 Å². The average Bonchev–Trinajstić information content (AvgIpc) is 3.32. The Morgan fingerprint density at radius 3 is 1.89 bits per heavy atom. The van der Waals surface area contributed by atoms with Crippen molar-refractivity contribution in [3.05, 3.63) is 174 Å². The van der Waals surface area contributed by atoms with Crippen molar-refractivity contribution in [2.45, 2.75) is 13.2 Å². The SMILES string of the molecule is N#Cc1cccc(CNC(=O)c2nc(-c3ccc4ncc(COC(=O)c5nc(-c6ccc7ncccc7c6)c(-c6ccccc6)nc5N)cc4c3)c(-c3ccccc3)nc2N)n1. The van der Waals surface area contributed by atoms with E-state index in [9.17, 15) is 14.9 Å². The maximum atomic E-state index is 13.7. The van der Waals surface area contributed by atoms with Crippen molar-refractivity contribution < 1.29 is 14.3 Å². The Hall–Kier alpha value is -8.96. The molecule has 14 nitrogen and oxygen atoms in total. The van der Waals surface area contributed by atoms with E-state index in [2.05, 4.69) is 30.2 Å². The highest BCUT2D eigenvalue weighted by atomic mass is 16.5. The molecule has 62 heavy (non-hydrogen) atoms. The standard InChI is InChI=1S/C48H33N11O3/c49-24-35-14-7-15-36(55-35)26-54-47(60)43-45(50)58-39(29-9-3-1-4-10-29)41(56-43)33-17-19-38-34(23-33)21-28(25-53-38)27-62-48(61)44-46(51)59-40(30-11-5-2-6-12-30)42(57-44)32-16-18-37-31(22-32)13-8-20-52-37/h1-23,25H,26-27H2,(H2,50,58)(H2,51,59)(H,54,60). The lowest BCUT2D eigenvalue weighted by Gasteiger charge is -2.14. The monoisotopic (exact) mass is 811 g/mol. The van der Waals surface area contributed by atoms with Crippen molar-refractivity contribution in [1.82, 2.24) is 40.2 Å². The van der Waals surface area contributed by atoms with Gasteiger partial charge in [-0.2, -0.15) is 5.26 Å². The highest BCUT2D eigenvalue weighted by molar-refractivity contribution is 5.99. The molecule has 14 heteroatoms. The molecule has 0 spiro atoms. The molecule has 0 saturated heterocycles. The van der Waals surface area contributed by atoms with Gasteiger partial charge in [0.15, 0.2) is 23.0 Å². The molecular weight excluding hydrogens is 779 g/mol. The minimum atomic E-state index is -0.754. The molecule has 0 bridgehead atoms. The number of aromatic nitrogens is 7. The molecule has 0 radical (unpaired) electrons. The molecule has 0 aliphatic heterocycles. The van der Waals surface area contributed by atoms with Crippen LogP contribution in [0.1, 0.15) is 37.9 Å². The van der Waals surface area contributed by atoms with Gasteiger partial charge >= 0.3 is 5.97 Å². The van der Waals surface area contributed by atoms with Gasteiger partial charge in [0.2, 0.25) is 0 Å². The Bertz CT molecular complexity index is 3230. The number of esters is 1. The maximum absolute atomic E-state index is 13.7. The number of amides is 1. The number of hydrogen-bond donors (Lipinski definition) is 3. The number of nitrogens with one attached hydrogen (secondary N) is 1. The number of nitrogen functional groups attached to an aromatic ring is 2. The van der Waals surface area contributed by atoms with Crippen LogP contribution in [0, 0.1) is 11.3 Å². The summed E-state index contributed by atoms with van der Waals surface area (Å²) in [6.07, 6.45) is 3.35. The first kappa shape index (κ1) is 38.6. The van der Waals surface area contributed by atoms with Crippen molar-refractivity contribution >= 4 is 45.3 Å². The van der Waals surface area contributed by atoms with Crippen LogP contribution in [-0.4, -0.2) is 46.8 Å². The van der Waals surface area contributed by atoms with Gasteiger partial charge in [-0.25, -0.2) is 29.7 Å². The number of ether oxygens (including phenoxy) is 1. The predicted octanol–water partition coefficient (Wildman–Crippen LogP) is 7.75. The summed E-state index contributed by atoms with van der Waals surface area (Å²) in [7, 11) is 0. The molecule has 0 atom stereocenters. The first-order valence-corrected chi connectivity index (χ1v) is 19.3. The van der Waals surface area contributed by atoms with Gasteiger partial charge in [-0.05, 0) is 48.5 Å². The summed E-state index contributed by atoms with van der Waals surface area (Å²) in [5.41, 5.74) is 20.1. The van der Waals surface area contributed by atoms with E-state index in [0.717, 1.165) is 27.6 Å². The maximum Gasteiger partial charge on any atom is 0.361 e. The zero-order valence-corrected chi connectivity index (χ0v) is 32.7. The van der Waals surface area contributed by atoms with Gasteiger partial charge in [-0.15, -0.1) is 0 Å². The first-order chi connectivity index (χ1) is 30.3. The second-order valence-corrected chi connectivity index (χ2v) is 14.1. The van der Waals surface area contributed by atoms with Crippen LogP contribution < -0.4 is 16.8 Å². The minimum absolute atomic E-state index is 0.0436. The fraction of sp³-hybridized carbons (Fsp3) is 0.0417. The van der Waals surface area contributed by atoms with Crippen LogP contribution in [0.2, 0.25) is 0 Å². The molecular formula is C48H33N11O3. The van der Waals surface area contributed by atoms with E-state index in [-0.39, 0.29) is 41.9 Å². The summed E-state index contributed by atoms with van der Waals surface area (Å²) in [4.78, 5) is 59.4. The zero-order chi connectivity index (χ0) is 42.6. The van der Waals surface area contributed by atoms with E-state index in [4.69, 9.17) is 26.2 Å². The largest absolute Gasteiger partial charge is 0.456 e. The Kier molecular flexibility index (Phi) is 10.4. The topological polar surface area (TPSA) is 221 Å². The third-order valence-electron chi connectivity index (χ3n) is 9.96. The molecule has 9 rings (SSSR count). The summed E-state index contributed by atoms with van der Waals surface area (Å²) < 4.78 is 5.79. The lowest BCUT2D eigenvalue weighted by molar-refractivity contribution is 0.0466. The van der Waals surface area contributed by atoms with Crippen LogP contribution >= 0.6 is 0 Å². The van der Waals surface area contributed by atoms with Gasteiger partial charge in [-0.3, -0.25) is 14.8 Å². The van der Waals surface area contributed by atoms with Gasteiger partial charge in [0, 0.05) is 51.0 Å². The molecule has 0 fully saturated rings. The van der Waals surface area contributed by atoms with Crippen LogP contribution in [0.5, 0.6) is 0 Å². The summed E-state index contributed by atoms with van der Waals surface area (Å²) in [5, 5.41) is 13.6. The van der Waals surface area contributed by atoms with Gasteiger partial charge in [-0.1, -0.05) is 84.9 Å². The lowest BCUT2D eigenvalue weighted by Crippen LogP contribution is -2.26. The smallest absolute Gasteiger partial charge is 0.361 e. The molecule has 1 amide bonds. The average molecular weight is 812 g/mol. The molecule has 0 aliphatic rings. The highest BCUT2D eigenvalue weighted by Gasteiger charge is 2.23. The number of anilines is 2. The number of rotatable bonds is 10. The number of nitrogens with two attached hydrogens (primary N) is 2. The van der Waals surface area contributed by atoms with Crippen molar-refractivity contribution in [2.75, 3.05) is 11.5 Å². The molecule has 0 unspecified atom stereocenters. The predicted molar refractivity (Wildman–Crippen MR) is 234 cm³/mol. The van der Waals surface area contributed by atoms with E-state index in [1.165, 1.54) is 0 Å². The second kappa shape index (κ2) is 16.7. The fourth-order valence-electron chi connectivity index (χ4n) is 6.95. The minimum Gasteiger partial charge on any atom is -0.456 e. The van der Waals surface area contributed by atoms with Crippen molar-refractivity contribution in [3.8, 4) is 51.1 Å². The Morgan fingerprint density at radius 1 is 0.597 bits per heavy atom. The molecule has 298 valence electrons. The number of nitriles is 1. The number of carbonyl (C=O) groups is 2. The van der Waals surface area contributed by atoms with E-state index < -0.39 is 11.9 Å². The molecule has 9 aromatic rings. The fourth-order valence-corrected chi connectivity index (χ4v) is 6.95. The van der Waals surface area contributed by atoms with Crippen LogP contribution in [0.15, 0.2) is 146 Å². The normalized spacial score (nSPS) is 11.0. The molecule has 5 aromatic heterocycles. The van der Waals surface area contributed by atoms with Gasteiger partial charge < -0.3 is 21.5 Å². The zero-order valence-electron chi connectivity index (χ0n) is 32.7.